The summed E-state index contributed by atoms with van der Waals surface area (Å²) in [6.07, 6.45) is 3.48. The largest absolute Gasteiger partial charge is 0.378 e. The molecule has 0 aliphatic carbocycles. The average Bonchev–Trinajstić information content (AvgIpc) is 2.88. The van der Waals surface area contributed by atoms with Gasteiger partial charge in [0.05, 0.1) is 0 Å². The van der Waals surface area contributed by atoms with Crippen LogP contribution < -0.4 is 26.6 Å². The molecule has 2 aromatic heterocycles. The maximum Gasteiger partial charge on any atom is 0.255 e. The molecule has 0 atom stereocenters. The average molecular weight is 507 g/mol. The minimum atomic E-state index is -0.204. The van der Waals surface area contributed by atoms with Crippen molar-refractivity contribution in [2.75, 3.05) is 40.7 Å². The maximum absolute atomic E-state index is 12.8. The summed E-state index contributed by atoms with van der Waals surface area (Å²) in [4.78, 5) is 27.3. The number of nitrogens with one attached hydrogen (secondary N) is 3. The molecule has 0 spiro atoms. The molecule has 0 bridgehead atoms. The number of aryl methyl sites for hydroxylation is 1. The van der Waals surface area contributed by atoms with Crippen LogP contribution in [0.1, 0.15) is 16.1 Å². The Labute approximate surface area is 222 Å². The number of carbonyl (C=O) groups excluding carboxylic acids is 1. The van der Waals surface area contributed by atoms with Gasteiger partial charge in [0.2, 0.25) is 5.95 Å². The zero-order valence-corrected chi connectivity index (χ0v) is 21.5. The molecule has 0 aliphatic heterocycles. The van der Waals surface area contributed by atoms with Gasteiger partial charge < -0.3 is 26.6 Å². The maximum atomic E-state index is 12.8. The summed E-state index contributed by atoms with van der Waals surface area (Å²) in [5.74, 6) is 0.594. The second-order valence-electron chi connectivity index (χ2n) is 8.69. The fourth-order valence-corrected chi connectivity index (χ4v) is 3.55. The summed E-state index contributed by atoms with van der Waals surface area (Å²) >= 11 is 0. The number of carbonyl (C=O) groups is 1. The Kier molecular flexibility index (Phi) is 8.30. The number of nitrogen functional groups attached to an aromatic ring is 1. The van der Waals surface area contributed by atoms with Gasteiger partial charge in [0.15, 0.2) is 0 Å². The normalized spacial score (nSPS) is 10.2. The standard InChI is InChI=1S/C29H30N8O/c1-20-19-27(36-29(30)32-20)34-23-8-6-21(7-9-23)28(38)35-24-12-10-22(11-13-24)33-25-14-15-26(37(2)3)5-4-17-31-18-16-25/h4-19,33H,1-3H3,(H,35,38)(H3,30,32,34,36). The van der Waals surface area contributed by atoms with Gasteiger partial charge in [0.25, 0.3) is 5.91 Å². The number of nitrogens with zero attached hydrogens (tertiary/aromatic N) is 4. The molecule has 192 valence electrons. The Balaban J connectivity index is 1.40. The molecule has 9 nitrogen and oxygen atoms in total. The van der Waals surface area contributed by atoms with E-state index in [-0.39, 0.29) is 11.9 Å². The number of aromatic nitrogens is 3. The van der Waals surface area contributed by atoms with Crippen LogP contribution in [0.4, 0.5) is 40.2 Å². The zero-order chi connectivity index (χ0) is 26.9. The lowest BCUT2D eigenvalue weighted by Crippen LogP contribution is -2.11. The molecule has 2 aromatic carbocycles. The minimum absolute atomic E-state index is 0.204. The lowest BCUT2D eigenvalue weighted by Gasteiger charge is -2.11. The second-order valence-corrected chi connectivity index (χ2v) is 8.69. The second kappa shape index (κ2) is 12.2. The highest BCUT2D eigenvalue weighted by molar-refractivity contribution is 6.04. The van der Waals surface area contributed by atoms with Gasteiger partial charge in [-0.1, -0.05) is 0 Å². The summed E-state index contributed by atoms with van der Waals surface area (Å²) in [7, 11) is 3.98. The van der Waals surface area contributed by atoms with Crippen LogP contribution in [0.15, 0.2) is 97.3 Å². The highest BCUT2D eigenvalue weighted by Gasteiger charge is 2.07. The molecule has 1 amide bonds. The summed E-state index contributed by atoms with van der Waals surface area (Å²) in [6.45, 7) is 1.85. The van der Waals surface area contributed by atoms with E-state index in [0.717, 1.165) is 28.4 Å². The number of hydrogen-bond acceptors (Lipinski definition) is 8. The van der Waals surface area contributed by atoms with Crippen molar-refractivity contribution in [1.82, 2.24) is 15.0 Å². The minimum Gasteiger partial charge on any atom is -0.378 e. The molecule has 0 fully saturated rings. The Morgan fingerprint density at radius 1 is 0.763 bits per heavy atom. The summed E-state index contributed by atoms with van der Waals surface area (Å²) in [6, 6.07) is 26.2. The van der Waals surface area contributed by atoms with Crippen molar-refractivity contribution in [3.63, 3.8) is 0 Å². The van der Waals surface area contributed by atoms with Crippen LogP contribution in [0.3, 0.4) is 0 Å². The van der Waals surface area contributed by atoms with Crippen molar-refractivity contribution in [2.45, 2.75) is 6.92 Å². The predicted octanol–water partition coefficient (Wildman–Crippen LogP) is 5.69. The predicted molar refractivity (Wildman–Crippen MR) is 155 cm³/mol. The first-order valence-corrected chi connectivity index (χ1v) is 12.0. The van der Waals surface area contributed by atoms with Crippen LogP contribution in [0.25, 0.3) is 0 Å². The molecular formula is C29H30N8O. The first-order valence-electron chi connectivity index (χ1n) is 12.0. The van der Waals surface area contributed by atoms with E-state index in [0.29, 0.717) is 17.1 Å². The van der Waals surface area contributed by atoms with E-state index in [1.165, 1.54) is 0 Å². The van der Waals surface area contributed by atoms with E-state index < -0.39 is 0 Å². The summed E-state index contributed by atoms with van der Waals surface area (Å²) in [5.41, 5.74) is 11.3. The van der Waals surface area contributed by atoms with Crippen LogP contribution in [-0.4, -0.2) is 35.0 Å². The molecule has 4 aromatic rings. The van der Waals surface area contributed by atoms with Gasteiger partial charge >= 0.3 is 0 Å². The van der Waals surface area contributed by atoms with Gasteiger partial charge in [0.1, 0.15) is 5.82 Å². The van der Waals surface area contributed by atoms with Crippen molar-refractivity contribution in [3.05, 3.63) is 109 Å². The summed E-state index contributed by atoms with van der Waals surface area (Å²) < 4.78 is 0. The van der Waals surface area contributed by atoms with Gasteiger partial charge in [-0.3, -0.25) is 9.78 Å². The van der Waals surface area contributed by atoms with Gasteiger partial charge in [-0.2, -0.15) is 4.98 Å². The molecule has 0 saturated heterocycles. The third kappa shape index (κ3) is 7.41. The number of rotatable bonds is 7. The molecule has 38 heavy (non-hydrogen) atoms. The first-order chi connectivity index (χ1) is 18.4. The molecule has 0 unspecified atom stereocenters. The van der Waals surface area contributed by atoms with Crippen molar-refractivity contribution in [2.24, 2.45) is 0 Å². The third-order valence-corrected chi connectivity index (χ3v) is 5.45. The Morgan fingerprint density at radius 3 is 2.11 bits per heavy atom. The van der Waals surface area contributed by atoms with E-state index in [1.807, 2.05) is 92.6 Å². The highest BCUT2D eigenvalue weighted by Crippen LogP contribution is 2.21. The van der Waals surface area contributed by atoms with Crippen LogP contribution in [0.2, 0.25) is 0 Å². The van der Waals surface area contributed by atoms with Gasteiger partial charge in [-0.25, -0.2) is 4.98 Å². The molecule has 0 saturated carbocycles. The van der Waals surface area contributed by atoms with Crippen LogP contribution in [0, 0.1) is 6.92 Å². The smallest absolute Gasteiger partial charge is 0.255 e. The fourth-order valence-electron chi connectivity index (χ4n) is 3.55. The van der Waals surface area contributed by atoms with Gasteiger partial charge in [-0.15, -0.1) is 0 Å². The van der Waals surface area contributed by atoms with Crippen molar-refractivity contribution in [3.8, 4) is 0 Å². The third-order valence-electron chi connectivity index (χ3n) is 5.45. The van der Waals surface area contributed by atoms with E-state index in [1.54, 1.807) is 30.6 Å². The first kappa shape index (κ1) is 25.9. The van der Waals surface area contributed by atoms with Gasteiger partial charge in [0, 0.05) is 72.2 Å². The number of benzene rings is 2. The number of anilines is 7. The lowest BCUT2D eigenvalue weighted by atomic mass is 10.2. The van der Waals surface area contributed by atoms with E-state index in [4.69, 9.17) is 5.73 Å². The molecular weight excluding hydrogens is 476 g/mol. The Morgan fingerprint density at radius 2 is 1.39 bits per heavy atom. The molecule has 0 aliphatic rings. The van der Waals surface area contributed by atoms with Crippen LogP contribution in [-0.2, 0) is 0 Å². The van der Waals surface area contributed by atoms with Crippen molar-refractivity contribution in [1.29, 1.82) is 0 Å². The van der Waals surface area contributed by atoms with Crippen LogP contribution in [0.5, 0.6) is 0 Å². The fraction of sp³-hybridized carbons (Fsp3) is 0.103. The topological polar surface area (TPSA) is 121 Å². The summed E-state index contributed by atoms with van der Waals surface area (Å²) in [5, 5.41) is 9.48. The van der Waals surface area contributed by atoms with E-state index >= 15 is 0 Å². The molecule has 2 heterocycles. The van der Waals surface area contributed by atoms with E-state index in [2.05, 4.69) is 30.9 Å². The highest BCUT2D eigenvalue weighted by atomic mass is 16.1. The zero-order valence-electron chi connectivity index (χ0n) is 21.5. The van der Waals surface area contributed by atoms with E-state index in [9.17, 15) is 4.79 Å². The number of amides is 1. The molecule has 0 radical (unpaired) electrons. The lowest BCUT2D eigenvalue weighted by molar-refractivity contribution is 0.102. The molecule has 5 N–H and O–H groups in total. The monoisotopic (exact) mass is 506 g/mol. The van der Waals surface area contributed by atoms with Gasteiger partial charge in [-0.05, 0) is 85.8 Å². The van der Waals surface area contributed by atoms with Crippen LogP contribution >= 0.6 is 0 Å². The number of hydrogen-bond donors (Lipinski definition) is 4. The Bertz CT molecular complexity index is 1430. The number of nitrogens with two attached hydrogens (primary N) is 1. The van der Waals surface area contributed by atoms with Crippen molar-refractivity contribution < 1.29 is 4.79 Å². The SMILES string of the molecule is Cc1cc(Nc2ccc(C(=O)Nc3ccc(Nc4ccncccc(N(C)C)cc4)cc3)cc2)nc(N)n1. The van der Waals surface area contributed by atoms with Crippen molar-refractivity contribution >= 4 is 46.1 Å². The molecule has 9 heteroatoms. The molecule has 4 rings (SSSR count). The Hall–Kier alpha value is -5.18. The quantitative estimate of drug-likeness (QED) is 0.252.